The number of benzene rings is 1. The van der Waals surface area contributed by atoms with E-state index in [-0.39, 0.29) is 18.0 Å². The van der Waals surface area contributed by atoms with E-state index in [2.05, 4.69) is 10.6 Å². The van der Waals surface area contributed by atoms with Crippen molar-refractivity contribution >= 4 is 17.5 Å². The third-order valence-corrected chi connectivity index (χ3v) is 2.10. The lowest BCUT2D eigenvalue weighted by molar-refractivity contribution is 0.168. The van der Waals surface area contributed by atoms with Crippen molar-refractivity contribution in [1.82, 2.24) is 0 Å². The highest BCUT2D eigenvalue weighted by molar-refractivity contribution is 5.88. The van der Waals surface area contributed by atoms with Gasteiger partial charge in [0.05, 0.1) is 25.1 Å². The van der Waals surface area contributed by atoms with Gasteiger partial charge in [-0.1, -0.05) is 0 Å². The molecule has 6 nitrogen and oxygen atoms in total. The molecule has 0 fully saturated rings. The van der Waals surface area contributed by atoms with Crippen molar-refractivity contribution < 1.29 is 19.4 Å². The molecule has 0 aliphatic rings. The van der Waals surface area contributed by atoms with Gasteiger partial charge in [0.15, 0.2) is 0 Å². The van der Waals surface area contributed by atoms with E-state index in [0.29, 0.717) is 11.4 Å². The number of phenolic OH excluding ortho intramolecular Hbond substituents is 1. The number of hydrogen-bond acceptors (Lipinski definition) is 5. The summed E-state index contributed by atoms with van der Waals surface area (Å²) in [5.41, 5.74) is 0.860. The van der Waals surface area contributed by atoms with Crippen LogP contribution >= 0.6 is 0 Å². The third kappa shape index (κ3) is 3.17. The number of methoxy groups -OCH3 is 1. The Labute approximate surface area is 99.5 Å². The molecule has 0 aromatic heterocycles. The summed E-state index contributed by atoms with van der Waals surface area (Å²) in [4.78, 5) is 11.2. The van der Waals surface area contributed by atoms with Gasteiger partial charge in [0, 0.05) is 19.2 Å². The number of rotatable bonds is 4. The SMILES string of the molecule is CCOC(=O)Nc1cc(OC)c(NC)cc1O. The fourth-order valence-electron chi connectivity index (χ4n) is 1.31. The molecule has 1 rings (SSSR count). The van der Waals surface area contributed by atoms with Crippen LogP contribution in [0.5, 0.6) is 11.5 Å². The minimum absolute atomic E-state index is 0.0665. The maximum absolute atomic E-state index is 11.2. The fourth-order valence-corrected chi connectivity index (χ4v) is 1.31. The van der Waals surface area contributed by atoms with Crippen molar-refractivity contribution in [3.05, 3.63) is 12.1 Å². The zero-order chi connectivity index (χ0) is 12.8. The number of nitrogens with one attached hydrogen (secondary N) is 2. The van der Waals surface area contributed by atoms with Gasteiger partial charge in [0.25, 0.3) is 0 Å². The van der Waals surface area contributed by atoms with E-state index >= 15 is 0 Å². The first-order chi connectivity index (χ1) is 8.12. The fraction of sp³-hybridized carbons (Fsp3) is 0.364. The van der Waals surface area contributed by atoms with Crippen LogP contribution in [0.1, 0.15) is 6.92 Å². The predicted octanol–water partition coefficient (Wildman–Crippen LogP) is 2.01. The topological polar surface area (TPSA) is 79.8 Å². The van der Waals surface area contributed by atoms with Crippen LogP contribution in [0, 0.1) is 0 Å². The molecule has 0 aliphatic heterocycles. The lowest BCUT2D eigenvalue weighted by Gasteiger charge is -2.12. The molecule has 1 aromatic rings. The predicted molar refractivity (Wildman–Crippen MR) is 64.9 cm³/mol. The Hall–Kier alpha value is -2.11. The molecule has 94 valence electrons. The Morgan fingerprint density at radius 3 is 2.65 bits per heavy atom. The summed E-state index contributed by atoms with van der Waals surface area (Å²) >= 11 is 0. The minimum atomic E-state index is -0.623. The Morgan fingerprint density at radius 1 is 1.41 bits per heavy atom. The van der Waals surface area contributed by atoms with Crippen molar-refractivity contribution in [2.75, 3.05) is 31.4 Å². The molecule has 1 aromatic carbocycles. The van der Waals surface area contributed by atoms with Crippen molar-refractivity contribution in [2.45, 2.75) is 6.92 Å². The molecule has 0 bridgehead atoms. The van der Waals surface area contributed by atoms with E-state index < -0.39 is 6.09 Å². The molecule has 0 unspecified atom stereocenters. The highest BCUT2D eigenvalue weighted by Crippen LogP contribution is 2.35. The van der Waals surface area contributed by atoms with E-state index in [9.17, 15) is 9.90 Å². The van der Waals surface area contributed by atoms with Gasteiger partial charge in [-0.2, -0.15) is 0 Å². The highest BCUT2D eigenvalue weighted by atomic mass is 16.5. The number of carbonyl (C=O) groups is 1. The Balaban J connectivity index is 2.96. The number of anilines is 2. The first-order valence-corrected chi connectivity index (χ1v) is 5.14. The van der Waals surface area contributed by atoms with Crippen molar-refractivity contribution in [1.29, 1.82) is 0 Å². The number of aromatic hydroxyl groups is 1. The van der Waals surface area contributed by atoms with Gasteiger partial charge >= 0.3 is 6.09 Å². The average molecular weight is 240 g/mol. The van der Waals surface area contributed by atoms with E-state index in [4.69, 9.17) is 9.47 Å². The molecule has 0 heterocycles. The number of carbonyl (C=O) groups excluding carboxylic acids is 1. The smallest absolute Gasteiger partial charge is 0.411 e. The van der Waals surface area contributed by atoms with Crippen LogP contribution in [0.2, 0.25) is 0 Å². The van der Waals surface area contributed by atoms with Crippen molar-refractivity contribution in [3.8, 4) is 11.5 Å². The third-order valence-electron chi connectivity index (χ3n) is 2.10. The van der Waals surface area contributed by atoms with Gasteiger partial charge in [-0.25, -0.2) is 4.79 Å². The second-order valence-electron chi connectivity index (χ2n) is 3.17. The van der Waals surface area contributed by atoms with Gasteiger partial charge in [-0.3, -0.25) is 5.32 Å². The van der Waals surface area contributed by atoms with Crippen LogP contribution in [0.25, 0.3) is 0 Å². The molecular weight excluding hydrogens is 224 g/mol. The average Bonchev–Trinajstić information content (AvgIpc) is 2.31. The zero-order valence-corrected chi connectivity index (χ0v) is 10.0. The van der Waals surface area contributed by atoms with Crippen molar-refractivity contribution in [2.24, 2.45) is 0 Å². The molecule has 0 aliphatic carbocycles. The maximum Gasteiger partial charge on any atom is 0.411 e. The van der Waals surface area contributed by atoms with E-state index in [1.54, 1.807) is 14.0 Å². The number of hydrogen-bond donors (Lipinski definition) is 3. The van der Waals surface area contributed by atoms with Gasteiger partial charge in [-0.15, -0.1) is 0 Å². The van der Waals surface area contributed by atoms with Crippen LogP contribution in [0.15, 0.2) is 12.1 Å². The quantitative estimate of drug-likeness (QED) is 0.701. The first kappa shape index (κ1) is 13.0. The lowest BCUT2D eigenvalue weighted by atomic mass is 10.2. The van der Waals surface area contributed by atoms with Crippen molar-refractivity contribution in [3.63, 3.8) is 0 Å². The molecule has 0 radical (unpaired) electrons. The standard InChI is InChI=1S/C11H16N2O4/c1-4-17-11(15)13-7-6-10(16-3)8(12-2)5-9(7)14/h5-6,12,14H,4H2,1-3H3,(H,13,15). The molecule has 0 atom stereocenters. The van der Waals surface area contributed by atoms with E-state index in [1.165, 1.54) is 19.2 Å². The Morgan fingerprint density at radius 2 is 2.12 bits per heavy atom. The van der Waals surface area contributed by atoms with Gasteiger partial charge in [0.2, 0.25) is 0 Å². The maximum atomic E-state index is 11.2. The molecule has 0 saturated heterocycles. The van der Waals surface area contributed by atoms with Crippen LogP contribution < -0.4 is 15.4 Å². The summed E-state index contributed by atoms with van der Waals surface area (Å²) in [5, 5.41) is 15.0. The van der Waals surface area contributed by atoms with E-state index in [1.807, 2.05) is 0 Å². The highest BCUT2D eigenvalue weighted by Gasteiger charge is 2.11. The zero-order valence-electron chi connectivity index (χ0n) is 10.0. The Kier molecular flexibility index (Phi) is 4.45. The largest absolute Gasteiger partial charge is 0.506 e. The van der Waals surface area contributed by atoms with Crippen LogP contribution in [-0.2, 0) is 4.74 Å². The summed E-state index contributed by atoms with van der Waals surface area (Å²) in [6, 6.07) is 2.97. The monoisotopic (exact) mass is 240 g/mol. The second kappa shape index (κ2) is 5.83. The molecular formula is C11H16N2O4. The molecule has 6 heteroatoms. The number of ether oxygens (including phenoxy) is 2. The molecule has 1 amide bonds. The summed E-state index contributed by atoms with van der Waals surface area (Å²) in [5.74, 6) is 0.445. The van der Waals surface area contributed by atoms with Gasteiger partial charge in [-0.05, 0) is 6.92 Å². The van der Waals surface area contributed by atoms with Crippen LogP contribution in [-0.4, -0.2) is 32.0 Å². The molecule has 3 N–H and O–H groups in total. The normalized spacial score (nSPS) is 9.59. The number of phenols is 1. The summed E-state index contributed by atoms with van der Waals surface area (Å²) < 4.78 is 9.82. The number of amides is 1. The van der Waals surface area contributed by atoms with Gasteiger partial charge < -0.3 is 19.9 Å². The first-order valence-electron chi connectivity index (χ1n) is 5.14. The summed E-state index contributed by atoms with van der Waals surface area (Å²) in [6.07, 6.45) is -0.623. The van der Waals surface area contributed by atoms with Crippen LogP contribution in [0.3, 0.4) is 0 Å². The summed E-state index contributed by atoms with van der Waals surface area (Å²) in [6.45, 7) is 1.96. The molecule has 0 saturated carbocycles. The summed E-state index contributed by atoms with van der Waals surface area (Å²) in [7, 11) is 3.21. The van der Waals surface area contributed by atoms with E-state index in [0.717, 1.165) is 0 Å². The Bertz CT molecular complexity index is 407. The molecule has 0 spiro atoms. The van der Waals surface area contributed by atoms with Gasteiger partial charge in [0.1, 0.15) is 11.5 Å². The lowest BCUT2D eigenvalue weighted by Crippen LogP contribution is -2.13. The second-order valence-corrected chi connectivity index (χ2v) is 3.17. The minimum Gasteiger partial charge on any atom is -0.506 e. The van der Waals surface area contributed by atoms with Crippen LogP contribution in [0.4, 0.5) is 16.2 Å². The molecule has 17 heavy (non-hydrogen) atoms.